The van der Waals surface area contributed by atoms with Crippen molar-refractivity contribution in [3.05, 3.63) is 47.0 Å². The molecule has 0 aliphatic carbocycles. The number of alkyl halides is 3. The molecule has 0 bridgehead atoms. The van der Waals surface area contributed by atoms with Gasteiger partial charge in [-0.05, 0) is 42.7 Å². The van der Waals surface area contributed by atoms with Crippen LogP contribution in [0.5, 0.6) is 0 Å². The highest BCUT2D eigenvalue weighted by molar-refractivity contribution is 7.98. The van der Waals surface area contributed by atoms with Crippen LogP contribution < -0.4 is 10.0 Å². The molecule has 0 saturated carbocycles. The Labute approximate surface area is 163 Å². The molecule has 146 valence electrons. The third kappa shape index (κ3) is 5.30. The summed E-state index contributed by atoms with van der Waals surface area (Å²) in [6, 6.07) is 6.72. The molecular weight excluding hydrogens is 425 g/mol. The monoisotopic (exact) mass is 438 g/mol. The molecular formula is C16H14ClF3N2O3S2. The van der Waals surface area contributed by atoms with Crippen LogP contribution >= 0.6 is 23.4 Å². The second-order valence-corrected chi connectivity index (χ2v) is 8.28. The predicted molar refractivity (Wildman–Crippen MR) is 99.8 cm³/mol. The van der Waals surface area contributed by atoms with Gasteiger partial charge in [0.05, 0.1) is 21.2 Å². The Morgan fingerprint density at radius 2 is 1.81 bits per heavy atom. The fourth-order valence-electron chi connectivity index (χ4n) is 2.16. The summed E-state index contributed by atoms with van der Waals surface area (Å²) in [5.41, 5.74) is -1.16. The largest absolute Gasteiger partial charge is 0.417 e. The molecule has 27 heavy (non-hydrogen) atoms. The summed E-state index contributed by atoms with van der Waals surface area (Å²) in [7, 11) is -4.19. The number of anilines is 2. The Morgan fingerprint density at radius 3 is 2.37 bits per heavy atom. The molecule has 0 aliphatic heterocycles. The summed E-state index contributed by atoms with van der Waals surface area (Å²) >= 11 is 6.83. The molecule has 0 radical (unpaired) electrons. The van der Waals surface area contributed by atoms with Crippen molar-refractivity contribution in [1.29, 1.82) is 0 Å². The van der Waals surface area contributed by atoms with E-state index in [4.69, 9.17) is 11.6 Å². The Hall–Kier alpha value is -1.91. The summed E-state index contributed by atoms with van der Waals surface area (Å²) < 4.78 is 66.0. The highest BCUT2D eigenvalue weighted by Crippen LogP contribution is 2.36. The number of nitrogens with one attached hydrogen (secondary N) is 2. The first-order valence-electron chi connectivity index (χ1n) is 7.29. The molecule has 0 saturated heterocycles. The average molecular weight is 439 g/mol. The van der Waals surface area contributed by atoms with E-state index in [0.717, 1.165) is 12.1 Å². The maximum absolute atomic E-state index is 12.9. The SMILES string of the molecule is CSc1ccc(S(=O)(=O)Nc2ccc(Cl)c(C(F)(F)F)c2)cc1NC(C)=O. The number of carbonyl (C=O) groups is 1. The minimum atomic E-state index is -4.73. The van der Waals surface area contributed by atoms with Crippen LogP contribution in [-0.2, 0) is 21.0 Å². The third-order valence-corrected chi connectivity index (χ3v) is 5.82. The summed E-state index contributed by atoms with van der Waals surface area (Å²) in [5, 5.41) is 1.98. The Balaban J connectivity index is 2.41. The van der Waals surface area contributed by atoms with Gasteiger partial charge in [0, 0.05) is 17.5 Å². The Kier molecular flexibility index (Phi) is 6.33. The normalized spacial score (nSPS) is 11.9. The van der Waals surface area contributed by atoms with Gasteiger partial charge in [0.2, 0.25) is 5.91 Å². The van der Waals surface area contributed by atoms with Gasteiger partial charge in [-0.3, -0.25) is 9.52 Å². The van der Waals surface area contributed by atoms with E-state index in [1.54, 1.807) is 6.26 Å². The van der Waals surface area contributed by atoms with E-state index in [9.17, 15) is 26.4 Å². The van der Waals surface area contributed by atoms with Crippen molar-refractivity contribution in [2.45, 2.75) is 22.9 Å². The number of hydrogen-bond donors (Lipinski definition) is 2. The molecule has 2 rings (SSSR count). The topological polar surface area (TPSA) is 75.3 Å². The molecule has 0 atom stereocenters. The lowest BCUT2D eigenvalue weighted by molar-refractivity contribution is -0.137. The fraction of sp³-hybridized carbons (Fsp3) is 0.188. The van der Waals surface area contributed by atoms with Crippen molar-refractivity contribution in [1.82, 2.24) is 0 Å². The summed E-state index contributed by atoms with van der Waals surface area (Å²) in [6.45, 7) is 1.27. The summed E-state index contributed by atoms with van der Waals surface area (Å²) in [6.07, 6.45) is -2.98. The standard InChI is InChI=1S/C16H14ClF3N2O3S2/c1-9(23)21-14-8-11(4-6-15(14)26-2)27(24,25)22-10-3-5-13(17)12(7-10)16(18,19)20/h3-8,22H,1-2H3,(H,21,23). The zero-order valence-electron chi connectivity index (χ0n) is 14.0. The average Bonchev–Trinajstić information content (AvgIpc) is 2.54. The molecule has 5 nitrogen and oxygen atoms in total. The number of rotatable bonds is 5. The molecule has 2 N–H and O–H groups in total. The lowest BCUT2D eigenvalue weighted by Crippen LogP contribution is -2.15. The van der Waals surface area contributed by atoms with Crippen LogP contribution in [0, 0.1) is 0 Å². The molecule has 11 heteroatoms. The Morgan fingerprint density at radius 1 is 1.15 bits per heavy atom. The Bertz CT molecular complexity index is 979. The highest BCUT2D eigenvalue weighted by Gasteiger charge is 2.33. The van der Waals surface area contributed by atoms with Gasteiger partial charge >= 0.3 is 6.18 Å². The van der Waals surface area contributed by atoms with E-state index in [1.165, 1.54) is 36.9 Å². The van der Waals surface area contributed by atoms with Gasteiger partial charge in [0.25, 0.3) is 10.0 Å². The van der Waals surface area contributed by atoms with Crippen molar-refractivity contribution < 1.29 is 26.4 Å². The van der Waals surface area contributed by atoms with E-state index < -0.39 is 26.8 Å². The van der Waals surface area contributed by atoms with Crippen LogP contribution in [0.3, 0.4) is 0 Å². The van der Waals surface area contributed by atoms with Crippen molar-refractivity contribution in [2.24, 2.45) is 0 Å². The molecule has 0 heterocycles. The van der Waals surface area contributed by atoms with E-state index >= 15 is 0 Å². The highest BCUT2D eigenvalue weighted by atomic mass is 35.5. The maximum atomic E-state index is 12.9. The van der Waals surface area contributed by atoms with Crippen LogP contribution in [0.25, 0.3) is 0 Å². The van der Waals surface area contributed by atoms with Gasteiger partial charge in [-0.2, -0.15) is 13.2 Å². The lowest BCUT2D eigenvalue weighted by atomic mass is 10.2. The first kappa shape index (κ1) is 21.4. The van der Waals surface area contributed by atoms with Crippen molar-refractivity contribution in [3.63, 3.8) is 0 Å². The number of carbonyl (C=O) groups excluding carboxylic acids is 1. The summed E-state index contributed by atoms with van der Waals surface area (Å²) in [5.74, 6) is -0.389. The zero-order valence-corrected chi connectivity index (χ0v) is 16.4. The van der Waals surface area contributed by atoms with Crippen molar-refractivity contribution in [3.8, 4) is 0 Å². The van der Waals surface area contributed by atoms with Gasteiger partial charge in [-0.25, -0.2) is 8.42 Å². The minimum absolute atomic E-state index is 0.215. The minimum Gasteiger partial charge on any atom is -0.325 e. The second kappa shape index (κ2) is 7.99. The molecule has 0 spiro atoms. The van der Waals surface area contributed by atoms with Crippen molar-refractivity contribution in [2.75, 3.05) is 16.3 Å². The number of benzene rings is 2. The van der Waals surface area contributed by atoms with Gasteiger partial charge in [0.1, 0.15) is 0 Å². The first-order chi connectivity index (χ1) is 12.4. The van der Waals surface area contributed by atoms with Crippen LogP contribution in [0.4, 0.5) is 24.5 Å². The first-order valence-corrected chi connectivity index (χ1v) is 10.4. The number of halogens is 4. The zero-order chi connectivity index (χ0) is 20.4. The smallest absolute Gasteiger partial charge is 0.325 e. The van der Waals surface area contributed by atoms with E-state index in [1.807, 2.05) is 0 Å². The van der Waals surface area contributed by atoms with Crippen LogP contribution in [0.1, 0.15) is 12.5 Å². The molecule has 0 aromatic heterocycles. The van der Waals surface area contributed by atoms with Gasteiger partial charge in [-0.1, -0.05) is 11.6 Å². The van der Waals surface area contributed by atoms with E-state index in [2.05, 4.69) is 10.0 Å². The number of thioether (sulfide) groups is 1. The summed E-state index contributed by atoms with van der Waals surface area (Å²) in [4.78, 5) is 11.7. The number of hydrogen-bond acceptors (Lipinski definition) is 4. The van der Waals surface area contributed by atoms with E-state index in [0.29, 0.717) is 11.0 Å². The molecule has 2 aromatic rings. The number of sulfonamides is 1. The lowest BCUT2D eigenvalue weighted by Gasteiger charge is -2.14. The molecule has 2 aromatic carbocycles. The van der Waals surface area contributed by atoms with Gasteiger partial charge in [0.15, 0.2) is 0 Å². The molecule has 0 unspecified atom stereocenters. The molecule has 1 amide bonds. The van der Waals surface area contributed by atoms with Crippen LogP contribution in [0.2, 0.25) is 5.02 Å². The number of amides is 1. The molecule has 0 fully saturated rings. The quantitative estimate of drug-likeness (QED) is 0.655. The van der Waals surface area contributed by atoms with Crippen molar-refractivity contribution >= 4 is 50.7 Å². The van der Waals surface area contributed by atoms with Gasteiger partial charge in [-0.15, -0.1) is 11.8 Å². The predicted octanol–water partition coefficient (Wildman–Crippen LogP) is 4.84. The third-order valence-electron chi connectivity index (χ3n) is 3.32. The van der Waals surface area contributed by atoms with Gasteiger partial charge < -0.3 is 5.32 Å². The molecule has 0 aliphatic rings. The van der Waals surface area contributed by atoms with Crippen LogP contribution in [0.15, 0.2) is 46.2 Å². The maximum Gasteiger partial charge on any atom is 0.417 e. The van der Waals surface area contributed by atoms with E-state index in [-0.39, 0.29) is 22.2 Å². The van der Waals surface area contributed by atoms with Crippen LogP contribution in [-0.4, -0.2) is 20.6 Å². The fourth-order valence-corrected chi connectivity index (χ4v) is 4.00. The second-order valence-electron chi connectivity index (χ2n) is 5.34.